The fourth-order valence-electron chi connectivity index (χ4n) is 3.08. The van der Waals surface area contributed by atoms with Gasteiger partial charge in [0, 0.05) is 35.8 Å². The van der Waals surface area contributed by atoms with Crippen LogP contribution in [0.3, 0.4) is 0 Å². The molecule has 0 aliphatic heterocycles. The quantitative estimate of drug-likeness (QED) is 0.719. The van der Waals surface area contributed by atoms with E-state index in [1.807, 2.05) is 54.1 Å². The SMILES string of the molecule is Cn1cc(C(=O)O[C@@H](C(=O)NC2CC2)c2ccccc2)c2ccccc21. The molecule has 0 spiro atoms. The third-order valence-electron chi connectivity index (χ3n) is 4.61. The lowest BCUT2D eigenvalue weighted by atomic mass is 10.1. The maximum atomic E-state index is 12.8. The number of aryl methyl sites for hydroxylation is 1. The second-order valence-corrected chi connectivity index (χ2v) is 6.65. The summed E-state index contributed by atoms with van der Waals surface area (Å²) in [4.78, 5) is 25.5. The molecule has 26 heavy (non-hydrogen) atoms. The van der Waals surface area contributed by atoms with Gasteiger partial charge in [-0.25, -0.2) is 4.79 Å². The van der Waals surface area contributed by atoms with E-state index in [0.29, 0.717) is 11.1 Å². The lowest BCUT2D eigenvalue weighted by Crippen LogP contribution is -2.33. The lowest BCUT2D eigenvalue weighted by Gasteiger charge is -2.17. The van der Waals surface area contributed by atoms with Crippen molar-refractivity contribution in [2.45, 2.75) is 25.0 Å². The summed E-state index contributed by atoms with van der Waals surface area (Å²) in [5, 5.41) is 3.74. The van der Waals surface area contributed by atoms with Crippen LogP contribution in [0.5, 0.6) is 0 Å². The third-order valence-corrected chi connectivity index (χ3v) is 4.61. The number of ether oxygens (including phenoxy) is 1. The largest absolute Gasteiger partial charge is 0.444 e. The van der Waals surface area contributed by atoms with Crippen LogP contribution in [0.4, 0.5) is 0 Å². The fraction of sp³-hybridized carbons (Fsp3) is 0.238. The van der Waals surface area contributed by atoms with Gasteiger partial charge in [0.1, 0.15) is 0 Å². The molecule has 2 aromatic carbocycles. The number of esters is 1. The molecule has 0 radical (unpaired) electrons. The number of nitrogens with zero attached hydrogens (tertiary/aromatic N) is 1. The second-order valence-electron chi connectivity index (χ2n) is 6.65. The second kappa shape index (κ2) is 6.67. The minimum absolute atomic E-state index is 0.199. The Morgan fingerprint density at radius 1 is 1.08 bits per heavy atom. The Morgan fingerprint density at radius 3 is 2.50 bits per heavy atom. The number of rotatable bonds is 5. The number of carbonyl (C=O) groups is 2. The molecule has 1 aromatic heterocycles. The Balaban J connectivity index is 1.64. The Kier molecular flexibility index (Phi) is 4.21. The third kappa shape index (κ3) is 3.20. The van der Waals surface area contributed by atoms with Crippen LogP contribution in [0.15, 0.2) is 60.8 Å². The number of fused-ring (bicyclic) bond motifs is 1. The molecule has 0 unspecified atom stereocenters. The highest BCUT2D eigenvalue weighted by Gasteiger charge is 2.31. The summed E-state index contributed by atoms with van der Waals surface area (Å²) < 4.78 is 7.55. The van der Waals surface area contributed by atoms with Crippen molar-refractivity contribution >= 4 is 22.8 Å². The van der Waals surface area contributed by atoms with Crippen LogP contribution in [0.25, 0.3) is 10.9 Å². The normalized spacial score (nSPS) is 14.8. The molecule has 1 heterocycles. The van der Waals surface area contributed by atoms with E-state index < -0.39 is 12.1 Å². The van der Waals surface area contributed by atoms with Gasteiger partial charge in [-0.2, -0.15) is 0 Å². The van der Waals surface area contributed by atoms with Gasteiger partial charge in [-0.3, -0.25) is 4.79 Å². The predicted octanol–water partition coefficient (Wildman–Crippen LogP) is 3.36. The topological polar surface area (TPSA) is 60.3 Å². The summed E-state index contributed by atoms with van der Waals surface area (Å²) in [6, 6.07) is 17.0. The number of nitrogens with one attached hydrogen (secondary N) is 1. The summed E-state index contributed by atoms with van der Waals surface area (Å²) in [6.07, 6.45) is 2.74. The Bertz CT molecular complexity index is 958. The maximum Gasteiger partial charge on any atom is 0.341 e. The number of amides is 1. The van der Waals surface area contributed by atoms with E-state index in [4.69, 9.17) is 4.74 Å². The average Bonchev–Trinajstić information content (AvgIpc) is 3.42. The van der Waals surface area contributed by atoms with E-state index >= 15 is 0 Å². The summed E-state index contributed by atoms with van der Waals surface area (Å²) in [5.41, 5.74) is 2.07. The van der Waals surface area contributed by atoms with Crippen molar-refractivity contribution in [1.82, 2.24) is 9.88 Å². The van der Waals surface area contributed by atoms with Gasteiger partial charge < -0.3 is 14.6 Å². The first kappa shape index (κ1) is 16.4. The van der Waals surface area contributed by atoms with Crippen LogP contribution in [0.1, 0.15) is 34.9 Å². The van der Waals surface area contributed by atoms with E-state index in [-0.39, 0.29) is 11.9 Å². The predicted molar refractivity (Wildman–Crippen MR) is 98.7 cm³/mol. The molecule has 0 saturated heterocycles. The van der Waals surface area contributed by atoms with Crippen molar-refractivity contribution in [3.8, 4) is 0 Å². The highest BCUT2D eigenvalue weighted by Crippen LogP contribution is 2.26. The van der Waals surface area contributed by atoms with Crippen LogP contribution in [-0.2, 0) is 16.6 Å². The minimum atomic E-state index is -0.955. The summed E-state index contributed by atoms with van der Waals surface area (Å²) in [7, 11) is 1.88. The zero-order valence-corrected chi connectivity index (χ0v) is 14.5. The molecule has 4 rings (SSSR count). The Hall–Kier alpha value is -3.08. The van der Waals surface area contributed by atoms with Crippen LogP contribution in [0, 0.1) is 0 Å². The maximum absolute atomic E-state index is 12.8. The summed E-state index contributed by atoms with van der Waals surface area (Å²) in [5.74, 6) is -0.770. The number of carbonyl (C=O) groups excluding carboxylic acids is 2. The van der Waals surface area contributed by atoms with Gasteiger partial charge in [0.15, 0.2) is 0 Å². The molecule has 1 atom stereocenters. The van der Waals surface area contributed by atoms with Crippen molar-refractivity contribution < 1.29 is 14.3 Å². The van der Waals surface area contributed by atoms with Gasteiger partial charge in [0.05, 0.1) is 5.56 Å². The minimum Gasteiger partial charge on any atom is -0.444 e. The highest BCUT2D eigenvalue weighted by atomic mass is 16.5. The summed E-state index contributed by atoms with van der Waals surface area (Å²) in [6.45, 7) is 0. The van der Waals surface area contributed by atoms with Gasteiger partial charge in [-0.1, -0.05) is 48.5 Å². The van der Waals surface area contributed by atoms with E-state index in [0.717, 1.165) is 23.7 Å². The highest BCUT2D eigenvalue weighted by molar-refractivity contribution is 6.05. The van der Waals surface area contributed by atoms with Gasteiger partial charge in [0.2, 0.25) is 6.10 Å². The van der Waals surface area contributed by atoms with Crippen molar-refractivity contribution in [2.75, 3.05) is 0 Å². The zero-order chi connectivity index (χ0) is 18.1. The first-order chi connectivity index (χ1) is 12.6. The number of benzene rings is 2. The van der Waals surface area contributed by atoms with Gasteiger partial charge in [-0.05, 0) is 18.9 Å². The average molecular weight is 348 g/mol. The smallest absolute Gasteiger partial charge is 0.341 e. The molecular formula is C21H20N2O3. The molecule has 1 aliphatic rings. The van der Waals surface area contributed by atoms with E-state index in [2.05, 4.69) is 5.32 Å². The van der Waals surface area contributed by atoms with Crippen LogP contribution in [0.2, 0.25) is 0 Å². The van der Waals surface area contributed by atoms with Crippen molar-refractivity contribution in [3.63, 3.8) is 0 Å². The fourth-order valence-corrected chi connectivity index (χ4v) is 3.08. The molecule has 5 heteroatoms. The molecule has 1 N–H and O–H groups in total. The monoisotopic (exact) mass is 348 g/mol. The zero-order valence-electron chi connectivity index (χ0n) is 14.5. The van der Waals surface area contributed by atoms with Crippen LogP contribution in [-0.4, -0.2) is 22.5 Å². The van der Waals surface area contributed by atoms with Crippen LogP contribution < -0.4 is 5.32 Å². The number of aromatic nitrogens is 1. The van der Waals surface area contributed by atoms with Crippen molar-refractivity contribution in [2.24, 2.45) is 7.05 Å². The molecule has 5 nitrogen and oxygen atoms in total. The van der Waals surface area contributed by atoms with Gasteiger partial charge in [0.25, 0.3) is 5.91 Å². The van der Waals surface area contributed by atoms with E-state index in [1.54, 1.807) is 18.3 Å². The number of para-hydroxylation sites is 1. The van der Waals surface area contributed by atoms with Crippen molar-refractivity contribution in [1.29, 1.82) is 0 Å². The lowest BCUT2D eigenvalue weighted by molar-refractivity contribution is -0.130. The van der Waals surface area contributed by atoms with Gasteiger partial charge in [-0.15, -0.1) is 0 Å². The molecule has 1 saturated carbocycles. The molecule has 132 valence electrons. The molecular weight excluding hydrogens is 328 g/mol. The number of hydrogen-bond acceptors (Lipinski definition) is 3. The first-order valence-electron chi connectivity index (χ1n) is 8.74. The molecule has 1 aliphatic carbocycles. The first-order valence-corrected chi connectivity index (χ1v) is 8.74. The number of hydrogen-bond donors (Lipinski definition) is 1. The standard InChI is InChI=1S/C21H20N2O3/c1-23-13-17(16-9-5-6-10-18(16)23)21(25)26-19(14-7-3-2-4-8-14)20(24)22-15-11-12-15/h2-10,13,15,19H,11-12H2,1H3,(H,22,24)/t19-/m1/s1. The Labute approximate surface area is 151 Å². The molecule has 1 amide bonds. The van der Waals surface area contributed by atoms with Crippen molar-refractivity contribution in [3.05, 3.63) is 71.9 Å². The van der Waals surface area contributed by atoms with Crippen LogP contribution >= 0.6 is 0 Å². The summed E-state index contributed by atoms with van der Waals surface area (Å²) >= 11 is 0. The molecule has 0 bridgehead atoms. The Morgan fingerprint density at radius 2 is 1.77 bits per heavy atom. The van der Waals surface area contributed by atoms with Gasteiger partial charge >= 0.3 is 5.97 Å². The molecule has 1 fully saturated rings. The van der Waals surface area contributed by atoms with E-state index in [1.165, 1.54) is 0 Å². The molecule has 3 aromatic rings. The van der Waals surface area contributed by atoms with E-state index in [9.17, 15) is 9.59 Å².